The lowest BCUT2D eigenvalue weighted by Crippen LogP contribution is -2.13. The first kappa shape index (κ1) is 24.0. The molecule has 0 bridgehead atoms. The van der Waals surface area contributed by atoms with Crippen LogP contribution in [0.25, 0.3) is 0 Å². The number of ketones is 2. The predicted molar refractivity (Wildman–Crippen MR) is 82.6 cm³/mol. The Kier molecular flexibility index (Phi) is 19.2. The number of Topliss-reactive ketones (excluding diaryl/α,β-unsaturated/α-hetero) is 2. The molecule has 4 nitrogen and oxygen atoms in total. The quantitative estimate of drug-likeness (QED) is 0.762. The third-order valence-corrected chi connectivity index (χ3v) is 1.83. The van der Waals surface area contributed by atoms with Crippen molar-refractivity contribution in [3.05, 3.63) is 0 Å². The van der Waals surface area contributed by atoms with Crippen molar-refractivity contribution in [3.63, 3.8) is 0 Å². The summed E-state index contributed by atoms with van der Waals surface area (Å²) in [5, 5.41) is 9.17. The Hall–Kier alpha value is -1.03. The van der Waals surface area contributed by atoms with E-state index in [1.54, 1.807) is 0 Å². The van der Waals surface area contributed by atoms with Crippen LogP contribution in [0, 0.1) is 11.8 Å². The second kappa shape index (κ2) is 16.0. The lowest BCUT2D eigenvalue weighted by Gasteiger charge is -2.09. The molecule has 0 aliphatic rings. The van der Waals surface area contributed by atoms with Gasteiger partial charge in [-0.05, 0) is 39.0 Å². The summed E-state index contributed by atoms with van der Waals surface area (Å²) in [5.74, 6) is 1.23. The molecule has 120 valence electrons. The van der Waals surface area contributed by atoms with Crippen LogP contribution in [-0.4, -0.2) is 29.1 Å². The Morgan fingerprint density at radius 1 is 1.00 bits per heavy atom. The second-order valence-corrected chi connectivity index (χ2v) is 5.89. The van der Waals surface area contributed by atoms with E-state index in [0.717, 1.165) is 12.7 Å². The topological polar surface area (TPSA) is 71.4 Å². The zero-order valence-electron chi connectivity index (χ0n) is 14.1. The summed E-state index contributed by atoms with van der Waals surface area (Å²) in [4.78, 5) is 29.5. The van der Waals surface area contributed by atoms with E-state index < -0.39 is 6.10 Å². The van der Waals surface area contributed by atoms with Gasteiger partial charge in [0.05, 0.1) is 6.10 Å². The molecule has 0 aliphatic heterocycles. The fourth-order valence-electron chi connectivity index (χ4n) is 1.15. The number of aliphatic hydroxyl groups excluding tert-OH is 1. The normalized spacial score (nSPS) is 10.9. The molecule has 0 radical (unpaired) electrons. The summed E-state index contributed by atoms with van der Waals surface area (Å²) in [5.41, 5.74) is 0. The van der Waals surface area contributed by atoms with Crippen molar-refractivity contribution < 1.29 is 19.5 Å². The molecule has 1 atom stereocenters. The summed E-state index contributed by atoms with van der Waals surface area (Å²) in [6.45, 7) is 12.7. The number of rotatable bonds is 6. The molecule has 0 fully saturated rings. The fraction of sp³-hybridized carbons (Fsp3) is 0.812. The van der Waals surface area contributed by atoms with Crippen molar-refractivity contribution in [1.29, 1.82) is 0 Å². The first-order valence-electron chi connectivity index (χ1n) is 7.11. The fourth-order valence-corrected chi connectivity index (χ4v) is 1.15. The first-order chi connectivity index (χ1) is 9.02. The molecular weight excluding hydrogens is 256 g/mol. The van der Waals surface area contributed by atoms with Gasteiger partial charge in [0.15, 0.2) is 0 Å². The van der Waals surface area contributed by atoms with Crippen molar-refractivity contribution >= 4 is 17.9 Å². The van der Waals surface area contributed by atoms with Crippen LogP contribution < -0.4 is 0 Å². The molecule has 0 rings (SSSR count). The van der Waals surface area contributed by atoms with Crippen molar-refractivity contribution in [2.45, 2.75) is 73.8 Å². The average Bonchev–Trinajstić information content (AvgIpc) is 2.13. The summed E-state index contributed by atoms with van der Waals surface area (Å²) >= 11 is 0. The van der Waals surface area contributed by atoms with Crippen LogP contribution in [-0.2, 0) is 14.4 Å². The molecule has 1 N–H and O–H groups in total. The molecular formula is C16H32O4. The van der Waals surface area contributed by atoms with E-state index in [2.05, 4.69) is 0 Å². The van der Waals surface area contributed by atoms with E-state index in [4.69, 9.17) is 5.11 Å². The van der Waals surface area contributed by atoms with E-state index >= 15 is 0 Å². The summed E-state index contributed by atoms with van der Waals surface area (Å²) in [7, 11) is 0. The largest absolute Gasteiger partial charge is 0.393 e. The smallest absolute Gasteiger partial charge is 0.132 e. The van der Waals surface area contributed by atoms with Gasteiger partial charge in [0.2, 0.25) is 0 Å². The predicted octanol–water partition coefficient (Wildman–Crippen LogP) is 3.20. The number of aldehydes is 1. The van der Waals surface area contributed by atoms with Crippen LogP contribution in [0.5, 0.6) is 0 Å². The van der Waals surface area contributed by atoms with Gasteiger partial charge in [-0.2, -0.15) is 0 Å². The zero-order chi connectivity index (χ0) is 16.7. The highest BCUT2D eigenvalue weighted by molar-refractivity contribution is 5.75. The Morgan fingerprint density at radius 3 is 1.55 bits per heavy atom. The molecule has 0 spiro atoms. The van der Waals surface area contributed by atoms with Crippen LogP contribution in [0.2, 0.25) is 0 Å². The van der Waals surface area contributed by atoms with Gasteiger partial charge in [0.1, 0.15) is 17.9 Å². The lowest BCUT2D eigenvalue weighted by atomic mass is 10.0. The number of aliphatic hydroxyl groups is 1. The molecule has 0 aliphatic carbocycles. The maximum absolute atomic E-state index is 10.5. The minimum Gasteiger partial charge on any atom is -0.393 e. The highest BCUT2D eigenvalue weighted by atomic mass is 16.3. The summed E-state index contributed by atoms with van der Waals surface area (Å²) in [6, 6.07) is 0. The van der Waals surface area contributed by atoms with Gasteiger partial charge in [0, 0.05) is 12.8 Å². The average molecular weight is 288 g/mol. The van der Waals surface area contributed by atoms with E-state index in [-0.39, 0.29) is 11.6 Å². The van der Waals surface area contributed by atoms with Crippen LogP contribution in [0.4, 0.5) is 0 Å². The molecule has 0 aromatic rings. The van der Waals surface area contributed by atoms with Gasteiger partial charge in [-0.1, -0.05) is 27.7 Å². The van der Waals surface area contributed by atoms with Crippen LogP contribution in [0.15, 0.2) is 0 Å². The maximum atomic E-state index is 10.5. The molecule has 0 aromatic carbocycles. The van der Waals surface area contributed by atoms with Crippen molar-refractivity contribution in [1.82, 2.24) is 0 Å². The minimum absolute atomic E-state index is 0.0631. The van der Waals surface area contributed by atoms with Crippen molar-refractivity contribution in [3.8, 4) is 0 Å². The lowest BCUT2D eigenvalue weighted by molar-refractivity contribution is -0.119. The SMILES string of the molecule is CC(=O)C[C@H](O)CC(C)C.CC(C)=O.CC(C)CC=O. The number of hydrogen-bond donors (Lipinski definition) is 1. The number of carbonyl (C=O) groups excluding carboxylic acids is 3. The number of carbonyl (C=O) groups is 3. The molecule has 0 unspecified atom stereocenters. The Bertz CT molecular complexity index is 253. The van der Waals surface area contributed by atoms with Gasteiger partial charge in [0.25, 0.3) is 0 Å². The van der Waals surface area contributed by atoms with E-state index in [1.165, 1.54) is 20.8 Å². The molecule has 0 saturated heterocycles. The monoisotopic (exact) mass is 288 g/mol. The third kappa shape index (κ3) is 43.5. The highest BCUT2D eigenvalue weighted by Gasteiger charge is 2.08. The maximum Gasteiger partial charge on any atom is 0.132 e. The van der Waals surface area contributed by atoms with Crippen LogP contribution >= 0.6 is 0 Å². The van der Waals surface area contributed by atoms with Crippen LogP contribution in [0.3, 0.4) is 0 Å². The highest BCUT2D eigenvalue weighted by Crippen LogP contribution is 2.07. The van der Waals surface area contributed by atoms with Crippen molar-refractivity contribution in [2.75, 3.05) is 0 Å². The summed E-state index contributed by atoms with van der Waals surface area (Å²) in [6.07, 6.45) is 2.24. The molecule has 20 heavy (non-hydrogen) atoms. The number of hydrogen-bond acceptors (Lipinski definition) is 4. The van der Waals surface area contributed by atoms with Gasteiger partial charge in [-0.3, -0.25) is 4.79 Å². The summed E-state index contributed by atoms with van der Waals surface area (Å²) < 4.78 is 0. The van der Waals surface area contributed by atoms with Gasteiger partial charge < -0.3 is 14.7 Å². The second-order valence-electron chi connectivity index (χ2n) is 5.89. The Labute approximate surface area is 124 Å². The standard InChI is InChI=1S/C8H16O2.C5H10O.C3H6O/c1-6(2)4-8(10)5-7(3)9;1-5(2)3-4-6;1-3(2)4/h6,8,10H,4-5H2,1-3H3;4-5H,3H2,1-2H3;1-2H3/t8-;;/m1../s1. The van der Waals surface area contributed by atoms with E-state index in [0.29, 0.717) is 24.7 Å². The molecule has 0 amide bonds. The zero-order valence-corrected chi connectivity index (χ0v) is 14.1. The molecule has 4 heteroatoms. The van der Waals surface area contributed by atoms with Gasteiger partial charge in [-0.15, -0.1) is 0 Å². The molecule has 0 aromatic heterocycles. The minimum atomic E-state index is -0.433. The van der Waals surface area contributed by atoms with Gasteiger partial charge >= 0.3 is 0 Å². The van der Waals surface area contributed by atoms with Crippen LogP contribution in [0.1, 0.15) is 67.7 Å². The third-order valence-electron chi connectivity index (χ3n) is 1.83. The Balaban J connectivity index is -0.000000246. The van der Waals surface area contributed by atoms with Gasteiger partial charge in [-0.25, -0.2) is 0 Å². The van der Waals surface area contributed by atoms with E-state index in [1.807, 2.05) is 27.7 Å². The molecule has 0 heterocycles. The Morgan fingerprint density at radius 2 is 1.40 bits per heavy atom. The van der Waals surface area contributed by atoms with Crippen molar-refractivity contribution in [2.24, 2.45) is 11.8 Å². The first-order valence-corrected chi connectivity index (χ1v) is 7.11. The molecule has 0 saturated carbocycles. The van der Waals surface area contributed by atoms with E-state index in [9.17, 15) is 14.4 Å².